The Morgan fingerprint density at radius 1 is 1.29 bits per heavy atom. The van der Waals surface area contributed by atoms with Crippen molar-refractivity contribution in [2.24, 2.45) is 11.7 Å². The average molecular weight is 198 g/mol. The van der Waals surface area contributed by atoms with Gasteiger partial charge in [0, 0.05) is 12.6 Å². The highest BCUT2D eigenvalue weighted by Gasteiger charge is 2.33. The highest BCUT2D eigenvalue weighted by Crippen LogP contribution is 2.28. The Bertz CT molecular complexity index is 212. The summed E-state index contributed by atoms with van der Waals surface area (Å²) in [4.78, 5) is 11.5. The van der Waals surface area contributed by atoms with Gasteiger partial charge in [-0.05, 0) is 31.6 Å². The van der Waals surface area contributed by atoms with Gasteiger partial charge < -0.3 is 15.8 Å². The Kier molecular flexibility index (Phi) is 3.03. The lowest BCUT2D eigenvalue weighted by Crippen LogP contribution is -2.49. The summed E-state index contributed by atoms with van der Waals surface area (Å²) < 4.78 is 5.51. The Hall–Kier alpha value is -0.610. The minimum absolute atomic E-state index is 0.0664. The van der Waals surface area contributed by atoms with Crippen molar-refractivity contribution in [3.63, 3.8) is 0 Å². The van der Waals surface area contributed by atoms with Gasteiger partial charge >= 0.3 is 0 Å². The van der Waals surface area contributed by atoms with Crippen molar-refractivity contribution in [3.05, 3.63) is 0 Å². The van der Waals surface area contributed by atoms with E-state index in [2.05, 4.69) is 5.32 Å². The van der Waals surface area contributed by atoms with E-state index in [-0.39, 0.29) is 12.0 Å². The van der Waals surface area contributed by atoms with Crippen LogP contribution in [-0.2, 0) is 9.53 Å². The minimum atomic E-state index is -0.212. The molecule has 1 unspecified atom stereocenters. The zero-order valence-electron chi connectivity index (χ0n) is 8.37. The molecule has 0 bridgehead atoms. The summed E-state index contributed by atoms with van der Waals surface area (Å²) in [7, 11) is 0. The van der Waals surface area contributed by atoms with Gasteiger partial charge in [0.15, 0.2) is 0 Å². The van der Waals surface area contributed by atoms with Crippen molar-refractivity contribution in [1.82, 2.24) is 5.32 Å². The number of carbonyl (C=O) groups excluding carboxylic acids is 1. The second-order valence-corrected chi connectivity index (χ2v) is 4.26. The lowest BCUT2D eigenvalue weighted by atomic mass is 9.82. The van der Waals surface area contributed by atoms with Crippen LogP contribution in [0.3, 0.4) is 0 Å². The molecule has 2 fully saturated rings. The fourth-order valence-electron chi connectivity index (χ4n) is 2.33. The average Bonchev–Trinajstić information content (AvgIpc) is 2.20. The Morgan fingerprint density at radius 2 is 2.00 bits per heavy atom. The zero-order valence-corrected chi connectivity index (χ0v) is 8.37. The van der Waals surface area contributed by atoms with Crippen LogP contribution in [0.15, 0.2) is 0 Å². The lowest BCUT2D eigenvalue weighted by Gasteiger charge is -2.33. The third kappa shape index (κ3) is 2.07. The molecule has 0 spiro atoms. The van der Waals surface area contributed by atoms with Gasteiger partial charge in [-0.1, -0.05) is 0 Å². The van der Waals surface area contributed by atoms with Crippen molar-refractivity contribution in [2.75, 3.05) is 13.2 Å². The first-order chi connectivity index (χ1) is 6.77. The number of morpholine rings is 1. The standard InChI is InChI=1S/C10H18N2O2/c11-8-3-1-7(2-4-8)9-10(13)12-5-6-14-9/h7-9H,1-6,11H2,(H,12,13). The molecule has 2 aliphatic rings. The predicted octanol–water partition coefficient (Wildman–Crippen LogP) is 0.0189. The van der Waals surface area contributed by atoms with Gasteiger partial charge in [0.1, 0.15) is 6.10 Å². The Labute approximate surface area is 84.2 Å². The lowest BCUT2D eigenvalue weighted by molar-refractivity contribution is -0.143. The molecule has 1 heterocycles. The summed E-state index contributed by atoms with van der Waals surface area (Å²) in [6.07, 6.45) is 3.89. The van der Waals surface area contributed by atoms with Crippen LogP contribution in [0.5, 0.6) is 0 Å². The van der Waals surface area contributed by atoms with Crippen LogP contribution in [0.1, 0.15) is 25.7 Å². The molecule has 0 aromatic carbocycles. The summed E-state index contributed by atoms with van der Waals surface area (Å²) in [5.41, 5.74) is 5.82. The van der Waals surface area contributed by atoms with Crippen LogP contribution in [0.2, 0.25) is 0 Å². The fraction of sp³-hybridized carbons (Fsp3) is 0.900. The topological polar surface area (TPSA) is 64.3 Å². The van der Waals surface area contributed by atoms with Gasteiger partial charge in [-0.15, -0.1) is 0 Å². The quantitative estimate of drug-likeness (QED) is 0.624. The number of ether oxygens (including phenoxy) is 1. The Morgan fingerprint density at radius 3 is 2.64 bits per heavy atom. The first kappa shape index (κ1) is 9.93. The predicted molar refractivity (Wildman–Crippen MR) is 52.7 cm³/mol. The number of nitrogens with two attached hydrogens (primary N) is 1. The number of carbonyl (C=O) groups is 1. The van der Waals surface area contributed by atoms with E-state index in [1.807, 2.05) is 0 Å². The molecule has 4 heteroatoms. The minimum Gasteiger partial charge on any atom is -0.366 e. The van der Waals surface area contributed by atoms with Crippen LogP contribution >= 0.6 is 0 Å². The van der Waals surface area contributed by atoms with Crippen LogP contribution in [-0.4, -0.2) is 31.2 Å². The molecular weight excluding hydrogens is 180 g/mol. The molecule has 1 saturated heterocycles. The van der Waals surface area contributed by atoms with E-state index in [9.17, 15) is 4.79 Å². The zero-order chi connectivity index (χ0) is 9.97. The molecule has 0 radical (unpaired) electrons. The monoisotopic (exact) mass is 198 g/mol. The van der Waals surface area contributed by atoms with E-state index < -0.39 is 0 Å². The molecule has 1 saturated carbocycles. The molecule has 0 aromatic heterocycles. The van der Waals surface area contributed by atoms with Crippen LogP contribution in [0, 0.1) is 5.92 Å². The second-order valence-electron chi connectivity index (χ2n) is 4.26. The number of amides is 1. The van der Waals surface area contributed by atoms with Crippen LogP contribution in [0.4, 0.5) is 0 Å². The third-order valence-corrected chi connectivity index (χ3v) is 3.20. The SMILES string of the molecule is NC1CCC(C2OCCNC2=O)CC1. The number of hydrogen-bond acceptors (Lipinski definition) is 3. The maximum atomic E-state index is 11.5. The molecule has 1 atom stereocenters. The molecule has 14 heavy (non-hydrogen) atoms. The molecule has 4 nitrogen and oxygen atoms in total. The van der Waals surface area contributed by atoms with E-state index in [1.165, 1.54) is 0 Å². The van der Waals surface area contributed by atoms with Gasteiger partial charge in [0.25, 0.3) is 0 Å². The van der Waals surface area contributed by atoms with Crippen LogP contribution < -0.4 is 11.1 Å². The van der Waals surface area contributed by atoms with Gasteiger partial charge in [-0.2, -0.15) is 0 Å². The van der Waals surface area contributed by atoms with Crippen molar-refractivity contribution in [3.8, 4) is 0 Å². The number of nitrogens with one attached hydrogen (secondary N) is 1. The molecule has 0 aromatic rings. The molecular formula is C10H18N2O2. The molecule has 3 N–H and O–H groups in total. The summed E-state index contributed by atoms with van der Waals surface area (Å²) in [6, 6.07) is 0.331. The van der Waals surface area contributed by atoms with E-state index >= 15 is 0 Å². The van der Waals surface area contributed by atoms with Gasteiger partial charge in [0.2, 0.25) is 5.91 Å². The molecule has 80 valence electrons. The van der Waals surface area contributed by atoms with Gasteiger partial charge in [-0.25, -0.2) is 0 Å². The van der Waals surface area contributed by atoms with E-state index in [4.69, 9.17) is 10.5 Å². The normalized spacial score (nSPS) is 39.2. The summed E-state index contributed by atoms with van der Waals surface area (Å²) in [6.45, 7) is 1.31. The summed E-state index contributed by atoms with van der Waals surface area (Å²) in [5, 5.41) is 2.85. The van der Waals surface area contributed by atoms with Crippen molar-refractivity contribution in [1.29, 1.82) is 0 Å². The first-order valence-corrected chi connectivity index (χ1v) is 5.42. The largest absolute Gasteiger partial charge is 0.366 e. The number of hydrogen-bond donors (Lipinski definition) is 2. The summed E-state index contributed by atoms with van der Waals surface area (Å²) in [5.74, 6) is 0.451. The summed E-state index contributed by atoms with van der Waals surface area (Å²) >= 11 is 0. The molecule has 2 rings (SSSR count). The van der Waals surface area contributed by atoms with Gasteiger partial charge in [0.05, 0.1) is 6.61 Å². The highest BCUT2D eigenvalue weighted by atomic mass is 16.5. The van der Waals surface area contributed by atoms with Crippen molar-refractivity contribution in [2.45, 2.75) is 37.8 Å². The second kappa shape index (κ2) is 4.28. The molecule has 1 aliphatic heterocycles. The maximum Gasteiger partial charge on any atom is 0.249 e. The van der Waals surface area contributed by atoms with E-state index in [0.717, 1.165) is 25.7 Å². The first-order valence-electron chi connectivity index (χ1n) is 5.42. The molecule has 1 aliphatic carbocycles. The van der Waals surface area contributed by atoms with Gasteiger partial charge in [-0.3, -0.25) is 4.79 Å². The fourth-order valence-corrected chi connectivity index (χ4v) is 2.33. The Balaban J connectivity index is 1.90. The van der Waals surface area contributed by atoms with Crippen LogP contribution in [0.25, 0.3) is 0 Å². The van der Waals surface area contributed by atoms with E-state index in [1.54, 1.807) is 0 Å². The number of rotatable bonds is 1. The van der Waals surface area contributed by atoms with Crippen molar-refractivity contribution < 1.29 is 9.53 Å². The maximum absolute atomic E-state index is 11.5. The smallest absolute Gasteiger partial charge is 0.249 e. The van der Waals surface area contributed by atoms with Crippen molar-refractivity contribution >= 4 is 5.91 Å². The van der Waals surface area contributed by atoms with E-state index in [0.29, 0.717) is 25.1 Å². The molecule has 1 amide bonds. The third-order valence-electron chi connectivity index (χ3n) is 3.20. The highest BCUT2D eigenvalue weighted by molar-refractivity contribution is 5.81.